The van der Waals surface area contributed by atoms with E-state index in [1.54, 1.807) is 36.5 Å². The van der Waals surface area contributed by atoms with E-state index in [1.165, 1.54) is 0 Å². The monoisotopic (exact) mass is 306 g/mol. The van der Waals surface area contributed by atoms with E-state index in [9.17, 15) is 4.79 Å². The van der Waals surface area contributed by atoms with Gasteiger partial charge in [0.2, 0.25) is 0 Å². The molecule has 92 valence electrons. The lowest BCUT2D eigenvalue weighted by Gasteiger charge is -2.05. The van der Waals surface area contributed by atoms with Gasteiger partial charge in [-0.1, -0.05) is 6.07 Å². The Morgan fingerprint density at radius 1 is 1.33 bits per heavy atom. The van der Waals surface area contributed by atoms with Crippen LogP contribution in [0.3, 0.4) is 0 Å². The molecular weight excluding hydrogens is 296 g/mol. The largest absolute Gasteiger partial charge is 0.456 e. The van der Waals surface area contributed by atoms with E-state index in [-0.39, 0.29) is 6.61 Å². The Labute approximate surface area is 113 Å². The standard InChI is InChI=1S/C13H11BrN2O2/c14-10-4-5-12(16-7-10)8-18-13(17)9-2-1-3-11(15)6-9/h1-7H,8,15H2. The zero-order valence-electron chi connectivity index (χ0n) is 9.47. The minimum Gasteiger partial charge on any atom is -0.456 e. The maximum absolute atomic E-state index is 11.7. The molecule has 18 heavy (non-hydrogen) atoms. The van der Waals surface area contributed by atoms with E-state index in [2.05, 4.69) is 20.9 Å². The van der Waals surface area contributed by atoms with Gasteiger partial charge in [-0.3, -0.25) is 4.98 Å². The normalized spacial score (nSPS) is 10.1. The van der Waals surface area contributed by atoms with Gasteiger partial charge in [-0.15, -0.1) is 0 Å². The van der Waals surface area contributed by atoms with Crippen molar-refractivity contribution in [1.29, 1.82) is 0 Å². The molecule has 4 nitrogen and oxygen atoms in total. The number of hydrogen-bond donors (Lipinski definition) is 1. The number of carbonyl (C=O) groups excluding carboxylic acids is 1. The second-order valence-corrected chi connectivity index (χ2v) is 4.59. The molecule has 5 heteroatoms. The second kappa shape index (κ2) is 5.64. The summed E-state index contributed by atoms with van der Waals surface area (Å²) in [6.45, 7) is 0.140. The minimum atomic E-state index is -0.410. The summed E-state index contributed by atoms with van der Waals surface area (Å²) in [6, 6.07) is 10.3. The molecule has 1 aromatic carbocycles. The lowest BCUT2D eigenvalue weighted by molar-refractivity contribution is 0.0468. The first-order valence-electron chi connectivity index (χ1n) is 5.28. The third-order valence-electron chi connectivity index (χ3n) is 2.26. The number of ether oxygens (including phenoxy) is 1. The molecule has 1 aromatic heterocycles. The number of anilines is 1. The maximum atomic E-state index is 11.7. The number of benzene rings is 1. The van der Waals surface area contributed by atoms with Gasteiger partial charge in [0.15, 0.2) is 0 Å². The first-order chi connectivity index (χ1) is 8.65. The van der Waals surface area contributed by atoms with Gasteiger partial charge in [-0.05, 0) is 46.3 Å². The van der Waals surface area contributed by atoms with Crippen molar-refractivity contribution < 1.29 is 9.53 Å². The molecule has 0 fully saturated rings. The van der Waals surface area contributed by atoms with E-state index in [0.29, 0.717) is 16.9 Å². The molecule has 0 spiro atoms. The summed E-state index contributed by atoms with van der Waals surface area (Å²) in [5.41, 5.74) is 7.26. The Hall–Kier alpha value is -1.88. The number of aromatic nitrogens is 1. The quantitative estimate of drug-likeness (QED) is 0.699. The Morgan fingerprint density at radius 3 is 2.83 bits per heavy atom. The van der Waals surface area contributed by atoms with Crippen LogP contribution in [0.4, 0.5) is 5.69 Å². The van der Waals surface area contributed by atoms with Crippen molar-refractivity contribution in [3.63, 3.8) is 0 Å². The fourth-order valence-corrected chi connectivity index (χ4v) is 1.61. The second-order valence-electron chi connectivity index (χ2n) is 3.67. The van der Waals surface area contributed by atoms with Crippen LogP contribution in [-0.2, 0) is 11.3 Å². The molecule has 0 radical (unpaired) electrons. The van der Waals surface area contributed by atoms with Crippen molar-refractivity contribution in [2.24, 2.45) is 0 Å². The molecule has 1 heterocycles. The maximum Gasteiger partial charge on any atom is 0.338 e. The number of nitrogens with zero attached hydrogens (tertiary/aromatic N) is 1. The number of pyridine rings is 1. The summed E-state index contributed by atoms with van der Waals surface area (Å²) in [5, 5.41) is 0. The summed E-state index contributed by atoms with van der Waals surface area (Å²) in [5.74, 6) is -0.410. The van der Waals surface area contributed by atoms with Crippen LogP contribution >= 0.6 is 15.9 Å². The Morgan fingerprint density at radius 2 is 2.17 bits per heavy atom. The summed E-state index contributed by atoms with van der Waals surface area (Å²) in [4.78, 5) is 15.8. The van der Waals surface area contributed by atoms with Gasteiger partial charge in [-0.2, -0.15) is 0 Å². The molecule has 0 atom stereocenters. The number of rotatable bonds is 3. The van der Waals surface area contributed by atoms with Crippen LogP contribution < -0.4 is 5.73 Å². The van der Waals surface area contributed by atoms with E-state index in [1.807, 2.05) is 6.07 Å². The van der Waals surface area contributed by atoms with E-state index < -0.39 is 5.97 Å². The Balaban J connectivity index is 1.98. The predicted molar refractivity (Wildman–Crippen MR) is 71.9 cm³/mol. The number of esters is 1. The van der Waals surface area contributed by atoms with Crippen molar-refractivity contribution in [3.05, 3.63) is 58.3 Å². The van der Waals surface area contributed by atoms with Crippen LogP contribution in [0.5, 0.6) is 0 Å². The van der Waals surface area contributed by atoms with Crippen LogP contribution in [0.2, 0.25) is 0 Å². The fourth-order valence-electron chi connectivity index (χ4n) is 1.38. The average Bonchev–Trinajstić information content (AvgIpc) is 2.38. The molecular formula is C13H11BrN2O2. The Bertz CT molecular complexity index is 555. The number of hydrogen-bond acceptors (Lipinski definition) is 4. The van der Waals surface area contributed by atoms with Gasteiger partial charge in [-0.25, -0.2) is 4.79 Å². The average molecular weight is 307 g/mol. The molecule has 0 aliphatic heterocycles. The molecule has 0 saturated heterocycles. The van der Waals surface area contributed by atoms with Gasteiger partial charge in [0.05, 0.1) is 11.3 Å². The molecule has 0 bridgehead atoms. The molecule has 2 rings (SSSR count). The molecule has 0 aliphatic carbocycles. The zero-order chi connectivity index (χ0) is 13.0. The highest BCUT2D eigenvalue weighted by Gasteiger charge is 2.07. The molecule has 0 unspecified atom stereocenters. The zero-order valence-corrected chi connectivity index (χ0v) is 11.1. The van der Waals surface area contributed by atoms with Crippen molar-refractivity contribution in [2.75, 3.05) is 5.73 Å². The van der Waals surface area contributed by atoms with Crippen LogP contribution in [0.25, 0.3) is 0 Å². The van der Waals surface area contributed by atoms with E-state index in [4.69, 9.17) is 10.5 Å². The Kier molecular flexibility index (Phi) is 3.94. The number of carbonyl (C=O) groups is 1. The SMILES string of the molecule is Nc1cccc(C(=O)OCc2ccc(Br)cn2)c1. The van der Waals surface area contributed by atoms with Crippen LogP contribution in [-0.4, -0.2) is 11.0 Å². The summed E-state index contributed by atoms with van der Waals surface area (Å²) >= 11 is 3.29. The molecule has 0 aliphatic rings. The summed E-state index contributed by atoms with van der Waals surface area (Å²) in [7, 11) is 0. The topological polar surface area (TPSA) is 65.2 Å². The van der Waals surface area contributed by atoms with Crippen molar-refractivity contribution in [1.82, 2.24) is 4.98 Å². The first kappa shape index (κ1) is 12.6. The summed E-state index contributed by atoms with van der Waals surface area (Å²) in [6.07, 6.45) is 1.66. The third-order valence-corrected chi connectivity index (χ3v) is 2.73. The van der Waals surface area contributed by atoms with Crippen molar-refractivity contribution >= 4 is 27.6 Å². The predicted octanol–water partition coefficient (Wildman–Crippen LogP) is 2.78. The van der Waals surface area contributed by atoms with Gasteiger partial charge in [0.1, 0.15) is 6.61 Å². The number of nitrogens with two attached hydrogens (primary N) is 1. The van der Waals surface area contributed by atoms with Gasteiger partial charge < -0.3 is 10.5 Å². The highest BCUT2D eigenvalue weighted by atomic mass is 79.9. The molecule has 0 amide bonds. The van der Waals surface area contributed by atoms with Crippen molar-refractivity contribution in [3.8, 4) is 0 Å². The molecule has 2 aromatic rings. The van der Waals surface area contributed by atoms with Gasteiger partial charge in [0, 0.05) is 16.4 Å². The smallest absolute Gasteiger partial charge is 0.338 e. The molecule has 2 N–H and O–H groups in total. The van der Waals surface area contributed by atoms with Gasteiger partial charge in [0.25, 0.3) is 0 Å². The number of nitrogen functional groups attached to an aromatic ring is 1. The first-order valence-corrected chi connectivity index (χ1v) is 6.07. The molecule has 0 saturated carbocycles. The number of halogens is 1. The highest BCUT2D eigenvalue weighted by molar-refractivity contribution is 9.10. The van der Waals surface area contributed by atoms with Crippen LogP contribution in [0.15, 0.2) is 47.1 Å². The summed E-state index contributed by atoms with van der Waals surface area (Å²) < 4.78 is 6.02. The fraction of sp³-hybridized carbons (Fsp3) is 0.0769. The van der Waals surface area contributed by atoms with E-state index >= 15 is 0 Å². The third kappa shape index (κ3) is 3.30. The lowest BCUT2D eigenvalue weighted by Crippen LogP contribution is -2.06. The van der Waals surface area contributed by atoms with Crippen LogP contribution in [0.1, 0.15) is 16.1 Å². The highest BCUT2D eigenvalue weighted by Crippen LogP contribution is 2.11. The van der Waals surface area contributed by atoms with Gasteiger partial charge >= 0.3 is 5.97 Å². The van der Waals surface area contributed by atoms with Crippen LogP contribution in [0, 0.1) is 0 Å². The lowest BCUT2D eigenvalue weighted by atomic mass is 10.2. The van der Waals surface area contributed by atoms with Crippen molar-refractivity contribution in [2.45, 2.75) is 6.61 Å². The van der Waals surface area contributed by atoms with E-state index in [0.717, 1.165) is 4.47 Å². The minimum absolute atomic E-state index is 0.140.